The molecule has 0 unspecified atom stereocenters. The van der Waals surface area contributed by atoms with Gasteiger partial charge in [0.2, 0.25) is 10.0 Å². The molecule has 106 valence electrons. The maximum atomic E-state index is 11.4. The van der Waals surface area contributed by atoms with E-state index in [-0.39, 0.29) is 0 Å². The van der Waals surface area contributed by atoms with Crippen LogP contribution in [0.25, 0.3) is 0 Å². The lowest BCUT2D eigenvalue weighted by molar-refractivity contribution is 0.415. The molecule has 0 fully saturated rings. The van der Waals surface area contributed by atoms with Gasteiger partial charge in [0.1, 0.15) is 5.75 Å². The molecule has 20 heavy (non-hydrogen) atoms. The largest absolute Gasteiger partial charge is 0.497 e. The van der Waals surface area contributed by atoms with Gasteiger partial charge in [-0.2, -0.15) is 0 Å². The van der Waals surface area contributed by atoms with Crippen molar-refractivity contribution < 1.29 is 13.2 Å². The molecule has 2 rings (SSSR count). The average molecular weight is 292 g/mol. The Labute approximate surface area is 118 Å². The molecule has 0 aliphatic heterocycles. The molecule has 2 N–H and O–H groups in total. The molecule has 2 aromatic carbocycles. The summed E-state index contributed by atoms with van der Waals surface area (Å²) in [6, 6.07) is 14.7. The normalized spacial score (nSPS) is 10.9. The van der Waals surface area contributed by atoms with Crippen LogP contribution in [0.15, 0.2) is 48.5 Å². The molecule has 2 aromatic rings. The van der Waals surface area contributed by atoms with Gasteiger partial charge in [0.25, 0.3) is 0 Å². The van der Waals surface area contributed by atoms with Crippen molar-refractivity contribution in [2.24, 2.45) is 0 Å². The second-order valence-corrected chi connectivity index (χ2v) is 6.03. The number of methoxy groups -OCH3 is 1. The molecule has 0 bridgehead atoms. The van der Waals surface area contributed by atoms with Gasteiger partial charge in [-0.15, -0.1) is 0 Å². The molecule has 0 spiro atoms. The minimum absolute atomic E-state index is 0.440. The van der Waals surface area contributed by atoms with Gasteiger partial charge >= 0.3 is 0 Å². The summed E-state index contributed by atoms with van der Waals surface area (Å²) in [5, 5.41) is 3.16. The van der Waals surface area contributed by atoms with Crippen LogP contribution in [0.4, 0.5) is 17.1 Å². The monoisotopic (exact) mass is 292 g/mol. The Bertz CT molecular complexity index is 685. The zero-order valence-electron chi connectivity index (χ0n) is 11.3. The Balaban J connectivity index is 2.36. The maximum absolute atomic E-state index is 11.4. The van der Waals surface area contributed by atoms with Crippen molar-refractivity contribution in [3.05, 3.63) is 48.5 Å². The highest BCUT2D eigenvalue weighted by molar-refractivity contribution is 7.92. The van der Waals surface area contributed by atoms with Gasteiger partial charge in [0.15, 0.2) is 0 Å². The molecule has 0 aromatic heterocycles. The van der Waals surface area contributed by atoms with Crippen LogP contribution in [0.3, 0.4) is 0 Å². The number of hydrogen-bond donors (Lipinski definition) is 2. The fraction of sp³-hybridized carbons (Fsp3) is 0.143. The van der Waals surface area contributed by atoms with Crippen molar-refractivity contribution in [3.63, 3.8) is 0 Å². The molecule has 0 aliphatic rings. The van der Waals surface area contributed by atoms with Crippen molar-refractivity contribution in [2.75, 3.05) is 23.4 Å². The van der Waals surface area contributed by atoms with Gasteiger partial charge in [-0.1, -0.05) is 18.2 Å². The molecule has 0 amide bonds. The first kappa shape index (κ1) is 14.2. The number of sulfonamides is 1. The lowest BCUT2D eigenvalue weighted by atomic mass is 10.2. The second-order valence-electron chi connectivity index (χ2n) is 4.28. The van der Waals surface area contributed by atoms with Crippen molar-refractivity contribution in [1.29, 1.82) is 0 Å². The standard InChI is InChI=1S/C14H16N2O3S/c1-19-12-8-9-13(14(10-12)16-20(2,17)18)15-11-6-4-3-5-7-11/h3-10,15-16H,1-2H3. The predicted octanol–water partition coefficient (Wildman–Crippen LogP) is 2.81. The van der Waals surface area contributed by atoms with E-state index < -0.39 is 10.0 Å². The van der Waals surface area contributed by atoms with Crippen LogP contribution in [-0.4, -0.2) is 21.8 Å². The van der Waals surface area contributed by atoms with Crippen molar-refractivity contribution in [2.45, 2.75) is 0 Å². The van der Waals surface area contributed by atoms with Gasteiger partial charge < -0.3 is 10.1 Å². The third-order valence-corrected chi connectivity index (χ3v) is 3.17. The molecule has 0 atom stereocenters. The highest BCUT2D eigenvalue weighted by atomic mass is 32.2. The zero-order chi connectivity index (χ0) is 14.6. The Kier molecular flexibility index (Phi) is 4.14. The first-order valence-corrected chi connectivity index (χ1v) is 7.85. The zero-order valence-corrected chi connectivity index (χ0v) is 12.1. The van der Waals surface area contributed by atoms with E-state index in [0.717, 1.165) is 11.9 Å². The molecular weight excluding hydrogens is 276 g/mol. The van der Waals surface area contributed by atoms with Crippen LogP contribution >= 0.6 is 0 Å². The molecule has 0 heterocycles. The Hall–Kier alpha value is -2.21. The Morgan fingerprint density at radius 1 is 1.00 bits per heavy atom. The minimum atomic E-state index is -3.36. The number of benzene rings is 2. The predicted molar refractivity (Wildman–Crippen MR) is 81.2 cm³/mol. The fourth-order valence-corrected chi connectivity index (χ4v) is 2.29. The lowest BCUT2D eigenvalue weighted by Gasteiger charge is -2.14. The van der Waals surface area contributed by atoms with Crippen LogP contribution in [-0.2, 0) is 10.0 Å². The molecule has 0 saturated heterocycles. The summed E-state index contributed by atoms with van der Waals surface area (Å²) in [6.07, 6.45) is 1.11. The summed E-state index contributed by atoms with van der Waals surface area (Å²) in [5.41, 5.74) is 1.97. The van der Waals surface area contributed by atoms with Gasteiger partial charge in [-0.25, -0.2) is 8.42 Å². The number of rotatable bonds is 5. The van der Waals surface area contributed by atoms with Crippen LogP contribution in [0.1, 0.15) is 0 Å². The number of anilines is 3. The quantitative estimate of drug-likeness (QED) is 0.889. The minimum Gasteiger partial charge on any atom is -0.497 e. The Morgan fingerprint density at radius 3 is 2.30 bits per heavy atom. The van der Waals surface area contributed by atoms with E-state index in [1.165, 1.54) is 7.11 Å². The highest BCUT2D eigenvalue weighted by Crippen LogP contribution is 2.30. The van der Waals surface area contributed by atoms with Crippen LogP contribution < -0.4 is 14.8 Å². The van der Waals surface area contributed by atoms with E-state index >= 15 is 0 Å². The average Bonchev–Trinajstić information content (AvgIpc) is 2.40. The first-order chi connectivity index (χ1) is 9.48. The summed E-state index contributed by atoms with van der Waals surface area (Å²) >= 11 is 0. The van der Waals surface area contributed by atoms with Gasteiger partial charge in [0, 0.05) is 11.8 Å². The Morgan fingerprint density at radius 2 is 1.70 bits per heavy atom. The summed E-state index contributed by atoms with van der Waals surface area (Å²) in [4.78, 5) is 0. The van der Waals surface area contributed by atoms with E-state index in [1.807, 2.05) is 30.3 Å². The molecule has 0 radical (unpaired) electrons. The third kappa shape index (κ3) is 3.89. The van der Waals surface area contributed by atoms with Gasteiger partial charge in [0.05, 0.1) is 24.7 Å². The molecule has 0 aliphatic carbocycles. The molecule has 6 heteroatoms. The van der Waals surface area contributed by atoms with Gasteiger partial charge in [-0.3, -0.25) is 4.72 Å². The molecule has 0 saturated carbocycles. The van der Waals surface area contributed by atoms with Crippen molar-refractivity contribution >= 4 is 27.1 Å². The summed E-state index contributed by atoms with van der Waals surface area (Å²) in [7, 11) is -1.83. The van der Waals surface area contributed by atoms with Crippen LogP contribution in [0.2, 0.25) is 0 Å². The van der Waals surface area contributed by atoms with Crippen LogP contribution in [0, 0.1) is 0 Å². The molecular formula is C14H16N2O3S. The number of ether oxygens (including phenoxy) is 1. The molecule has 5 nitrogen and oxygen atoms in total. The van der Waals surface area contributed by atoms with E-state index in [0.29, 0.717) is 17.1 Å². The van der Waals surface area contributed by atoms with Crippen molar-refractivity contribution in [3.8, 4) is 5.75 Å². The number of para-hydroxylation sites is 1. The SMILES string of the molecule is COc1ccc(Nc2ccccc2)c(NS(C)(=O)=O)c1. The fourth-order valence-electron chi connectivity index (χ4n) is 1.72. The number of hydrogen-bond acceptors (Lipinski definition) is 4. The third-order valence-electron chi connectivity index (χ3n) is 2.57. The summed E-state index contributed by atoms with van der Waals surface area (Å²) in [5.74, 6) is 0.578. The summed E-state index contributed by atoms with van der Waals surface area (Å²) < 4.78 is 30.4. The lowest BCUT2D eigenvalue weighted by Crippen LogP contribution is -2.11. The summed E-state index contributed by atoms with van der Waals surface area (Å²) in [6.45, 7) is 0. The maximum Gasteiger partial charge on any atom is 0.229 e. The van der Waals surface area contributed by atoms with Crippen LogP contribution in [0.5, 0.6) is 5.75 Å². The second kappa shape index (κ2) is 5.83. The number of nitrogens with one attached hydrogen (secondary N) is 2. The van der Waals surface area contributed by atoms with E-state index in [4.69, 9.17) is 4.74 Å². The smallest absolute Gasteiger partial charge is 0.229 e. The van der Waals surface area contributed by atoms with E-state index in [9.17, 15) is 8.42 Å². The highest BCUT2D eigenvalue weighted by Gasteiger charge is 2.09. The van der Waals surface area contributed by atoms with Crippen molar-refractivity contribution in [1.82, 2.24) is 0 Å². The first-order valence-electron chi connectivity index (χ1n) is 5.96. The van der Waals surface area contributed by atoms with E-state index in [1.54, 1.807) is 18.2 Å². The van der Waals surface area contributed by atoms with E-state index in [2.05, 4.69) is 10.0 Å². The van der Waals surface area contributed by atoms with Gasteiger partial charge in [-0.05, 0) is 24.3 Å². The topological polar surface area (TPSA) is 67.4 Å².